The van der Waals surface area contributed by atoms with E-state index in [0.29, 0.717) is 16.1 Å². The smallest absolute Gasteiger partial charge is 0.270 e. The summed E-state index contributed by atoms with van der Waals surface area (Å²) in [4.78, 5) is 30.1. The van der Waals surface area contributed by atoms with Gasteiger partial charge in [0.05, 0.1) is 21.7 Å². The van der Waals surface area contributed by atoms with Crippen LogP contribution in [0.3, 0.4) is 0 Å². The molecule has 0 unspecified atom stereocenters. The Bertz CT molecular complexity index is 994. The number of carbonyl (C=O) groups is 1. The van der Waals surface area contributed by atoms with E-state index in [1.807, 2.05) is 6.07 Å². The fraction of sp³-hybridized carbons (Fsp3) is 0.263. The quantitative estimate of drug-likeness (QED) is 0.532. The van der Waals surface area contributed by atoms with Crippen molar-refractivity contribution in [3.63, 3.8) is 0 Å². The van der Waals surface area contributed by atoms with Crippen molar-refractivity contribution >= 4 is 44.5 Å². The molecular weight excluding hydrogens is 364 g/mol. The van der Waals surface area contributed by atoms with E-state index in [1.165, 1.54) is 42.7 Å². The molecule has 27 heavy (non-hydrogen) atoms. The molecule has 0 bridgehead atoms. The van der Waals surface area contributed by atoms with Crippen LogP contribution in [0.4, 0.5) is 17.2 Å². The van der Waals surface area contributed by atoms with Crippen LogP contribution in [0.2, 0.25) is 0 Å². The van der Waals surface area contributed by atoms with Crippen LogP contribution in [0, 0.1) is 10.1 Å². The van der Waals surface area contributed by atoms with Crippen molar-refractivity contribution in [2.24, 2.45) is 0 Å². The lowest BCUT2D eigenvalue weighted by Gasteiger charge is -2.28. The topological polar surface area (TPSA) is 88.4 Å². The van der Waals surface area contributed by atoms with Crippen LogP contribution in [-0.4, -0.2) is 28.9 Å². The summed E-state index contributed by atoms with van der Waals surface area (Å²) in [7, 11) is 0. The predicted octanol–water partition coefficient (Wildman–Crippen LogP) is 4.45. The average molecular weight is 382 g/mol. The van der Waals surface area contributed by atoms with Gasteiger partial charge < -0.3 is 10.2 Å². The molecule has 1 fully saturated rings. The Labute approximate surface area is 159 Å². The molecule has 7 nitrogen and oxygen atoms in total. The molecule has 1 aromatic carbocycles. The maximum Gasteiger partial charge on any atom is 0.270 e. The number of hydrogen-bond donors (Lipinski definition) is 1. The van der Waals surface area contributed by atoms with Crippen LogP contribution < -0.4 is 10.2 Å². The highest BCUT2D eigenvalue weighted by Crippen LogP contribution is 2.29. The molecule has 1 aliphatic rings. The van der Waals surface area contributed by atoms with Gasteiger partial charge in [0.25, 0.3) is 11.6 Å². The number of thiophene rings is 1. The van der Waals surface area contributed by atoms with Gasteiger partial charge in [0.15, 0.2) is 0 Å². The Morgan fingerprint density at radius 2 is 1.96 bits per heavy atom. The Morgan fingerprint density at radius 3 is 2.67 bits per heavy atom. The summed E-state index contributed by atoms with van der Waals surface area (Å²) in [6.45, 7) is 2.09. The van der Waals surface area contributed by atoms with Gasteiger partial charge in [-0.15, -0.1) is 11.3 Å². The fourth-order valence-electron chi connectivity index (χ4n) is 3.23. The van der Waals surface area contributed by atoms with Crippen molar-refractivity contribution in [3.8, 4) is 0 Å². The number of amides is 1. The van der Waals surface area contributed by atoms with Crippen molar-refractivity contribution < 1.29 is 9.72 Å². The highest BCUT2D eigenvalue weighted by atomic mass is 32.1. The van der Waals surface area contributed by atoms with E-state index in [2.05, 4.69) is 15.2 Å². The molecule has 0 spiro atoms. The molecule has 8 heteroatoms. The number of aromatic nitrogens is 1. The van der Waals surface area contributed by atoms with Crippen LogP contribution in [-0.2, 0) is 0 Å². The number of nitro groups is 1. The zero-order valence-corrected chi connectivity index (χ0v) is 15.4. The van der Waals surface area contributed by atoms with E-state index in [0.717, 1.165) is 23.5 Å². The van der Waals surface area contributed by atoms with Gasteiger partial charge in [-0.2, -0.15) is 0 Å². The maximum atomic E-state index is 12.5. The van der Waals surface area contributed by atoms with Gasteiger partial charge in [-0.3, -0.25) is 14.9 Å². The first kappa shape index (κ1) is 17.4. The number of benzene rings is 1. The number of hydrogen-bond acceptors (Lipinski definition) is 6. The van der Waals surface area contributed by atoms with Crippen molar-refractivity contribution in [1.82, 2.24) is 4.98 Å². The number of nitro benzene ring substituents is 1. The van der Waals surface area contributed by atoms with Gasteiger partial charge in [0.1, 0.15) is 5.82 Å². The van der Waals surface area contributed by atoms with Crippen LogP contribution in [0.1, 0.15) is 28.9 Å². The SMILES string of the molecule is O=C(Nc1ccc(N2CCCCC2)cn1)c1cc2cc([N+](=O)[O-])ccc2s1. The molecule has 1 saturated heterocycles. The van der Waals surface area contributed by atoms with Gasteiger partial charge >= 0.3 is 0 Å². The normalized spacial score (nSPS) is 14.3. The molecule has 0 aliphatic carbocycles. The lowest BCUT2D eigenvalue weighted by atomic mass is 10.1. The Balaban J connectivity index is 1.48. The lowest BCUT2D eigenvalue weighted by molar-refractivity contribution is -0.384. The van der Waals surface area contributed by atoms with E-state index in [4.69, 9.17) is 0 Å². The van der Waals surface area contributed by atoms with Crippen molar-refractivity contribution in [3.05, 3.63) is 57.6 Å². The second-order valence-electron chi connectivity index (χ2n) is 6.49. The number of fused-ring (bicyclic) bond motifs is 1. The first-order valence-electron chi connectivity index (χ1n) is 8.80. The first-order chi connectivity index (χ1) is 13.1. The first-order valence-corrected chi connectivity index (χ1v) is 9.62. The molecular formula is C19H18N4O3S. The summed E-state index contributed by atoms with van der Waals surface area (Å²) in [5.74, 6) is 0.223. The van der Waals surface area contributed by atoms with Gasteiger partial charge in [0.2, 0.25) is 0 Å². The molecule has 1 N–H and O–H groups in total. The third-order valence-corrected chi connectivity index (χ3v) is 5.76. The summed E-state index contributed by atoms with van der Waals surface area (Å²) in [5, 5.41) is 14.4. The third kappa shape index (κ3) is 3.75. The molecule has 2 aromatic heterocycles. The molecule has 0 radical (unpaired) electrons. The molecule has 1 aliphatic heterocycles. The third-order valence-electron chi connectivity index (χ3n) is 4.65. The number of carbonyl (C=O) groups excluding carboxylic acids is 1. The molecule has 4 rings (SSSR count). The maximum absolute atomic E-state index is 12.5. The molecule has 3 aromatic rings. The standard InChI is InChI=1S/C19H18N4O3S/c24-19(17-11-13-10-14(23(25)26)4-6-16(13)27-17)21-18-7-5-15(12-20-18)22-8-2-1-3-9-22/h4-7,10-12H,1-3,8-9H2,(H,20,21,24). The van der Waals surface area contributed by atoms with Crippen LogP contribution in [0.15, 0.2) is 42.6 Å². The van der Waals surface area contributed by atoms with Crippen LogP contribution >= 0.6 is 11.3 Å². The highest BCUT2D eigenvalue weighted by molar-refractivity contribution is 7.20. The number of piperidine rings is 1. The Hall–Kier alpha value is -3.00. The minimum Gasteiger partial charge on any atom is -0.370 e. The van der Waals surface area contributed by atoms with Crippen LogP contribution in [0.25, 0.3) is 10.1 Å². The average Bonchev–Trinajstić information content (AvgIpc) is 3.13. The molecule has 0 atom stereocenters. The molecule has 0 saturated carbocycles. The summed E-state index contributed by atoms with van der Waals surface area (Å²) in [5.41, 5.74) is 1.09. The second-order valence-corrected chi connectivity index (χ2v) is 7.58. The van der Waals surface area contributed by atoms with Gasteiger partial charge in [-0.1, -0.05) is 0 Å². The van der Waals surface area contributed by atoms with Crippen LogP contribution in [0.5, 0.6) is 0 Å². The largest absolute Gasteiger partial charge is 0.370 e. The number of nitrogens with one attached hydrogen (secondary N) is 1. The van der Waals surface area contributed by atoms with E-state index >= 15 is 0 Å². The molecule has 1 amide bonds. The Kier molecular flexibility index (Phi) is 4.72. The summed E-state index contributed by atoms with van der Waals surface area (Å²) in [6.07, 6.45) is 5.46. The van der Waals surface area contributed by atoms with E-state index in [9.17, 15) is 14.9 Å². The van der Waals surface area contributed by atoms with Gasteiger partial charge in [-0.05, 0) is 43.5 Å². The van der Waals surface area contributed by atoms with E-state index in [-0.39, 0.29) is 11.6 Å². The molecule has 3 heterocycles. The van der Waals surface area contributed by atoms with E-state index in [1.54, 1.807) is 24.4 Å². The number of nitrogens with zero attached hydrogens (tertiary/aromatic N) is 3. The van der Waals surface area contributed by atoms with E-state index < -0.39 is 4.92 Å². The molecule has 138 valence electrons. The number of rotatable bonds is 4. The number of pyridine rings is 1. The predicted molar refractivity (Wildman–Crippen MR) is 107 cm³/mol. The summed E-state index contributed by atoms with van der Waals surface area (Å²) < 4.78 is 0.833. The minimum absolute atomic E-state index is 0.0160. The van der Waals surface area contributed by atoms with Crippen molar-refractivity contribution in [1.29, 1.82) is 0 Å². The van der Waals surface area contributed by atoms with Crippen molar-refractivity contribution in [2.45, 2.75) is 19.3 Å². The number of non-ortho nitro benzene ring substituents is 1. The Morgan fingerprint density at radius 1 is 1.15 bits per heavy atom. The summed E-state index contributed by atoms with van der Waals surface area (Å²) in [6, 6.07) is 10.0. The highest BCUT2D eigenvalue weighted by Gasteiger charge is 2.15. The van der Waals surface area contributed by atoms with Gasteiger partial charge in [-0.25, -0.2) is 4.98 Å². The zero-order chi connectivity index (χ0) is 18.8. The zero-order valence-electron chi connectivity index (χ0n) is 14.6. The van der Waals surface area contributed by atoms with Gasteiger partial charge in [0, 0.05) is 35.3 Å². The number of anilines is 2. The fourth-order valence-corrected chi connectivity index (χ4v) is 4.17. The summed E-state index contributed by atoms with van der Waals surface area (Å²) >= 11 is 1.30. The lowest BCUT2D eigenvalue weighted by Crippen LogP contribution is -2.29. The minimum atomic E-state index is -0.440. The second kappa shape index (κ2) is 7.32. The monoisotopic (exact) mass is 382 g/mol. The van der Waals surface area contributed by atoms with Crippen molar-refractivity contribution in [2.75, 3.05) is 23.3 Å².